The van der Waals surface area contributed by atoms with E-state index in [1.165, 1.54) is 25.7 Å². The molecular formula is C24H40As2O2Yb. The minimum absolute atomic E-state index is 0. The molecule has 4 aliphatic rings. The van der Waals surface area contributed by atoms with E-state index in [4.69, 9.17) is 9.47 Å². The first-order valence-electron chi connectivity index (χ1n) is 10.5. The van der Waals surface area contributed by atoms with E-state index in [-0.39, 0.29) is 46.9 Å². The average Bonchev–Trinajstić information content (AvgIpc) is 3.47. The molecule has 0 amide bonds. The van der Waals surface area contributed by atoms with Gasteiger partial charge in [-0.15, -0.1) is 0 Å². The van der Waals surface area contributed by atoms with Gasteiger partial charge >= 0.3 is 129 Å². The smallest absolute Gasteiger partial charge is 0 e. The van der Waals surface area contributed by atoms with Crippen LogP contribution in [0.4, 0.5) is 0 Å². The first-order valence-corrected chi connectivity index (χ1v) is 14.3. The van der Waals surface area contributed by atoms with Crippen molar-refractivity contribution >= 4 is 31.5 Å². The fourth-order valence-electron chi connectivity index (χ4n) is 2.94. The summed E-state index contributed by atoms with van der Waals surface area (Å²) in [5.74, 6) is 6.19. The maximum atomic E-state index is 4.94. The summed E-state index contributed by atoms with van der Waals surface area (Å²) in [5.41, 5.74) is 0. The van der Waals surface area contributed by atoms with Crippen LogP contribution in [-0.2, 0) is 9.47 Å². The van der Waals surface area contributed by atoms with Gasteiger partial charge in [0.1, 0.15) is 0 Å². The third-order valence-electron chi connectivity index (χ3n) is 5.62. The van der Waals surface area contributed by atoms with Crippen molar-refractivity contribution in [2.45, 2.75) is 81.1 Å². The standard InChI is InChI=1S/2C8H12As.2C4H8O.Yb/c2*1-5-6(2)8(4)9-7(5)3;2*1-2-4-5-3-1;/h2*1-4H3;2*1-4H2;. The van der Waals surface area contributed by atoms with Crippen LogP contribution < -0.4 is 0 Å². The summed E-state index contributed by atoms with van der Waals surface area (Å²) in [6.07, 6.45) is 5.11. The molecule has 0 bridgehead atoms. The molecule has 4 heterocycles. The second-order valence-electron chi connectivity index (χ2n) is 7.70. The minimum Gasteiger partial charge on any atom is 0 e. The number of hydrogen-bond donors (Lipinski definition) is 0. The van der Waals surface area contributed by atoms with Crippen LogP contribution in [0.2, 0.25) is 0 Å². The maximum absolute atomic E-state index is 4.94. The van der Waals surface area contributed by atoms with Crippen LogP contribution in [-0.4, -0.2) is 57.9 Å². The zero-order chi connectivity index (χ0) is 21.1. The molecule has 0 atom stereocenters. The molecule has 29 heavy (non-hydrogen) atoms. The predicted octanol–water partition coefficient (Wildman–Crippen LogP) is 5.59. The Hall–Kier alpha value is 2.56. The van der Waals surface area contributed by atoms with Crippen molar-refractivity contribution in [2.24, 2.45) is 0 Å². The summed E-state index contributed by atoms with van der Waals surface area (Å²) in [7, 11) is 0. The van der Waals surface area contributed by atoms with Crippen molar-refractivity contribution in [1.82, 2.24) is 0 Å². The Morgan fingerprint density at radius 2 is 0.655 bits per heavy atom. The number of hydrogen-bond acceptors (Lipinski definition) is 2. The minimum atomic E-state index is 0. The van der Waals surface area contributed by atoms with Gasteiger partial charge in [0, 0.05) is 73.4 Å². The molecule has 0 unspecified atom stereocenters. The summed E-state index contributed by atoms with van der Waals surface area (Å²) >= 11 is 0.860. The van der Waals surface area contributed by atoms with Crippen molar-refractivity contribution in [2.75, 3.05) is 26.4 Å². The monoisotopic (exact) mass is 684 g/mol. The third-order valence-corrected chi connectivity index (χ3v) is 11.3. The van der Waals surface area contributed by atoms with Crippen molar-refractivity contribution in [3.05, 3.63) is 42.5 Å². The van der Waals surface area contributed by atoms with Crippen LogP contribution in [0.25, 0.3) is 0 Å². The van der Waals surface area contributed by atoms with E-state index in [0.717, 1.165) is 26.4 Å². The molecule has 0 aromatic carbocycles. The van der Waals surface area contributed by atoms with Crippen molar-refractivity contribution in [1.29, 1.82) is 0 Å². The molecular weight excluding hydrogens is 643 g/mol. The van der Waals surface area contributed by atoms with Gasteiger partial charge in [0.15, 0.2) is 0 Å². The number of rotatable bonds is 0. The Balaban J connectivity index is 0.000000369. The van der Waals surface area contributed by atoms with Crippen LogP contribution in [0.15, 0.2) is 0 Å². The van der Waals surface area contributed by atoms with E-state index in [9.17, 15) is 0 Å². The van der Waals surface area contributed by atoms with Gasteiger partial charge in [-0.05, 0) is 25.7 Å². The molecule has 0 saturated carbocycles. The molecule has 0 aromatic rings. The molecule has 4 fully saturated rings. The van der Waals surface area contributed by atoms with Crippen LogP contribution in [0.5, 0.6) is 0 Å². The molecule has 172 valence electrons. The zero-order valence-corrected chi connectivity index (χ0v) is 25.1. The molecule has 10 radical (unpaired) electrons. The van der Waals surface area contributed by atoms with Gasteiger partial charge in [0.05, 0.1) is 0 Å². The van der Waals surface area contributed by atoms with Crippen LogP contribution in [0.3, 0.4) is 0 Å². The SMILES string of the molecule is C1CCOC1.C1CCOC1.C[C]1[As][C](C)[C](C)[C]1C.C[C]1[As][C](C)[C](C)[C]1C.[Yb]. The van der Waals surface area contributed by atoms with Crippen LogP contribution in [0.1, 0.15) is 81.1 Å². The molecule has 4 rings (SSSR count). The molecule has 0 spiro atoms. The Kier molecular flexibility index (Phi) is 19.5. The van der Waals surface area contributed by atoms with Gasteiger partial charge in [-0.25, -0.2) is 0 Å². The maximum Gasteiger partial charge on any atom is 0 e. The average molecular weight is 683 g/mol. The summed E-state index contributed by atoms with van der Waals surface area (Å²) in [6, 6.07) is 0. The second kappa shape index (κ2) is 18.0. The van der Waals surface area contributed by atoms with Crippen molar-refractivity contribution in [3.63, 3.8) is 0 Å². The van der Waals surface area contributed by atoms with Gasteiger partial charge in [0.2, 0.25) is 0 Å². The van der Waals surface area contributed by atoms with E-state index in [2.05, 4.69) is 55.4 Å². The Bertz CT molecular complexity index is 316. The normalized spacial score (nSPS) is 25.7. The first kappa shape index (κ1) is 31.6. The molecule has 4 saturated heterocycles. The number of ether oxygens (including phenoxy) is 2. The largest absolute Gasteiger partial charge is 0 e. The molecule has 4 aliphatic heterocycles. The molecule has 0 aliphatic carbocycles. The van der Waals surface area contributed by atoms with Gasteiger partial charge in [0.25, 0.3) is 0 Å². The molecule has 0 aromatic heterocycles. The topological polar surface area (TPSA) is 18.5 Å². The predicted molar refractivity (Wildman–Crippen MR) is 123 cm³/mol. The third kappa shape index (κ3) is 12.6. The Morgan fingerprint density at radius 3 is 0.724 bits per heavy atom. The summed E-state index contributed by atoms with van der Waals surface area (Å²) in [5, 5.41) is 0. The Labute approximate surface area is 235 Å². The van der Waals surface area contributed by atoms with E-state index >= 15 is 0 Å². The first-order chi connectivity index (χ1) is 13.3. The van der Waals surface area contributed by atoms with E-state index < -0.39 is 0 Å². The summed E-state index contributed by atoms with van der Waals surface area (Å²) in [4.78, 5) is 0. The van der Waals surface area contributed by atoms with Gasteiger partial charge in [-0.1, -0.05) is 0 Å². The molecule has 0 N–H and O–H groups in total. The zero-order valence-electron chi connectivity index (χ0n) is 19.6. The summed E-state index contributed by atoms with van der Waals surface area (Å²) < 4.78 is 16.4. The van der Waals surface area contributed by atoms with Crippen molar-refractivity contribution < 1.29 is 56.4 Å². The second-order valence-corrected chi connectivity index (χ2v) is 14.3. The fourth-order valence-corrected chi connectivity index (χ4v) is 7.87. The Morgan fingerprint density at radius 1 is 0.448 bits per heavy atom. The van der Waals surface area contributed by atoms with E-state index in [1.54, 1.807) is 42.5 Å². The van der Waals surface area contributed by atoms with Gasteiger partial charge in [-0.3, -0.25) is 0 Å². The van der Waals surface area contributed by atoms with Crippen molar-refractivity contribution in [3.8, 4) is 0 Å². The summed E-state index contributed by atoms with van der Waals surface area (Å²) in [6.45, 7) is 22.0. The van der Waals surface area contributed by atoms with E-state index in [0.29, 0.717) is 31.5 Å². The van der Waals surface area contributed by atoms with Gasteiger partial charge in [-0.2, -0.15) is 0 Å². The fraction of sp³-hybridized carbons (Fsp3) is 0.667. The molecule has 2 nitrogen and oxygen atoms in total. The van der Waals surface area contributed by atoms with Crippen LogP contribution >= 0.6 is 0 Å². The quantitative estimate of drug-likeness (QED) is 0.311. The van der Waals surface area contributed by atoms with E-state index in [1.807, 2.05) is 0 Å². The van der Waals surface area contributed by atoms with Crippen LogP contribution in [0, 0.1) is 89.4 Å². The molecule has 5 heteroatoms. The van der Waals surface area contributed by atoms with Gasteiger partial charge < -0.3 is 9.47 Å².